The van der Waals surface area contributed by atoms with Gasteiger partial charge in [0.05, 0.1) is 10.7 Å². The number of hydrogen-bond donors (Lipinski definition) is 0. The van der Waals surface area contributed by atoms with Crippen molar-refractivity contribution in [2.45, 2.75) is 32.1 Å². The average Bonchev–Trinajstić information content (AvgIpc) is 3.07. The van der Waals surface area contributed by atoms with Crippen molar-refractivity contribution < 1.29 is 4.52 Å². The summed E-state index contributed by atoms with van der Waals surface area (Å²) >= 11 is 1.66. The van der Waals surface area contributed by atoms with Gasteiger partial charge in [-0.15, -0.1) is 11.3 Å². The largest absolute Gasteiger partial charge is 0.339 e. The molecule has 21 heavy (non-hydrogen) atoms. The zero-order chi connectivity index (χ0) is 14.2. The Morgan fingerprint density at radius 3 is 2.76 bits per heavy atom. The molecule has 0 atom stereocenters. The van der Waals surface area contributed by atoms with Crippen LogP contribution in [0.5, 0.6) is 0 Å². The van der Waals surface area contributed by atoms with E-state index in [0.717, 1.165) is 27.7 Å². The normalized spacial score (nSPS) is 15.1. The molecule has 0 bridgehead atoms. The van der Waals surface area contributed by atoms with Crippen LogP contribution in [0, 0.1) is 6.92 Å². The number of hydrogen-bond acceptors (Lipinski definition) is 5. The van der Waals surface area contributed by atoms with Gasteiger partial charge in [0.25, 0.3) is 0 Å². The molecule has 1 aliphatic carbocycles. The van der Waals surface area contributed by atoms with Gasteiger partial charge >= 0.3 is 0 Å². The van der Waals surface area contributed by atoms with Crippen molar-refractivity contribution >= 4 is 11.3 Å². The molecule has 0 N–H and O–H groups in total. The first-order valence-corrected chi connectivity index (χ1v) is 8.04. The van der Waals surface area contributed by atoms with Gasteiger partial charge in [0.1, 0.15) is 0 Å². The summed E-state index contributed by atoms with van der Waals surface area (Å²) < 4.78 is 5.40. The van der Waals surface area contributed by atoms with E-state index in [2.05, 4.69) is 32.6 Å². The minimum Gasteiger partial charge on any atom is -0.339 e. The summed E-state index contributed by atoms with van der Waals surface area (Å²) in [5.41, 5.74) is 3.07. The van der Waals surface area contributed by atoms with Crippen LogP contribution >= 0.6 is 11.3 Å². The van der Waals surface area contributed by atoms with Crippen LogP contribution in [0.15, 0.2) is 34.2 Å². The maximum absolute atomic E-state index is 5.40. The number of rotatable bonds is 3. The molecule has 0 amide bonds. The lowest BCUT2D eigenvalue weighted by atomic mass is 9.85. The van der Waals surface area contributed by atoms with Crippen LogP contribution in [0.4, 0.5) is 0 Å². The standard InChI is InChI=1S/C16H15N3OS/c1-10-17-14(9-21-10)12-6-3-7-13(8-12)15-18-16(20-19-15)11-4-2-5-11/h3,6-9,11H,2,4-5H2,1H3. The van der Waals surface area contributed by atoms with Crippen molar-refractivity contribution in [2.75, 3.05) is 0 Å². The molecule has 0 saturated heterocycles. The Hall–Kier alpha value is -2.01. The molecule has 2 aromatic heterocycles. The van der Waals surface area contributed by atoms with Crippen LogP contribution in [-0.2, 0) is 0 Å². The fourth-order valence-corrected chi connectivity index (χ4v) is 3.11. The fourth-order valence-electron chi connectivity index (χ4n) is 2.49. The van der Waals surface area contributed by atoms with E-state index in [1.54, 1.807) is 11.3 Å². The monoisotopic (exact) mass is 297 g/mol. The number of benzene rings is 1. The third-order valence-electron chi connectivity index (χ3n) is 3.93. The summed E-state index contributed by atoms with van der Waals surface area (Å²) in [6.07, 6.45) is 3.60. The molecule has 0 radical (unpaired) electrons. The Kier molecular flexibility index (Phi) is 3.07. The van der Waals surface area contributed by atoms with Crippen molar-refractivity contribution in [1.82, 2.24) is 15.1 Å². The van der Waals surface area contributed by atoms with Crippen LogP contribution in [0.25, 0.3) is 22.6 Å². The Labute approximate surface area is 126 Å². The topological polar surface area (TPSA) is 51.8 Å². The predicted octanol–water partition coefficient (Wildman–Crippen LogP) is 4.44. The second kappa shape index (κ2) is 5.07. The van der Waals surface area contributed by atoms with Gasteiger partial charge in [-0.2, -0.15) is 4.98 Å². The zero-order valence-electron chi connectivity index (χ0n) is 11.7. The first kappa shape index (κ1) is 12.7. The lowest BCUT2D eigenvalue weighted by molar-refractivity contribution is 0.292. The Balaban J connectivity index is 1.67. The molecule has 1 saturated carbocycles. The highest BCUT2D eigenvalue weighted by atomic mass is 32.1. The van der Waals surface area contributed by atoms with Gasteiger partial charge in [0, 0.05) is 22.4 Å². The van der Waals surface area contributed by atoms with Crippen molar-refractivity contribution in [3.63, 3.8) is 0 Å². The lowest BCUT2D eigenvalue weighted by Gasteiger charge is -2.20. The summed E-state index contributed by atoms with van der Waals surface area (Å²) in [5.74, 6) is 1.92. The van der Waals surface area contributed by atoms with E-state index in [1.165, 1.54) is 19.3 Å². The van der Waals surface area contributed by atoms with E-state index in [9.17, 15) is 0 Å². The van der Waals surface area contributed by atoms with Crippen molar-refractivity contribution in [3.8, 4) is 22.6 Å². The summed E-state index contributed by atoms with van der Waals surface area (Å²) in [5, 5.41) is 7.27. The van der Waals surface area contributed by atoms with Gasteiger partial charge in [-0.25, -0.2) is 4.98 Å². The van der Waals surface area contributed by atoms with Crippen LogP contribution in [0.3, 0.4) is 0 Å². The molecule has 1 aliphatic rings. The highest BCUT2D eigenvalue weighted by Gasteiger charge is 2.25. The van der Waals surface area contributed by atoms with Gasteiger partial charge in [0.15, 0.2) is 0 Å². The summed E-state index contributed by atoms with van der Waals surface area (Å²) in [6, 6.07) is 8.16. The maximum atomic E-state index is 5.40. The number of thiazole rings is 1. The first-order valence-electron chi connectivity index (χ1n) is 7.16. The minimum atomic E-state index is 0.468. The van der Waals surface area contributed by atoms with E-state index in [-0.39, 0.29) is 0 Å². The first-order chi connectivity index (χ1) is 10.3. The number of nitrogens with zero attached hydrogens (tertiary/aromatic N) is 3. The van der Waals surface area contributed by atoms with Crippen LogP contribution < -0.4 is 0 Å². The zero-order valence-corrected chi connectivity index (χ0v) is 12.6. The molecule has 4 rings (SSSR count). The molecule has 106 valence electrons. The molecule has 1 fully saturated rings. The van der Waals surface area contributed by atoms with Crippen molar-refractivity contribution in [2.24, 2.45) is 0 Å². The predicted molar refractivity (Wildman–Crippen MR) is 82.2 cm³/mol. The van der Waals surface area contributed by atoms with Crippen LogP contribution in [-0.4, -0.2) is 15.1 Å². The highest BCUT2D eigenvalue weighted by Crippen LogP contribution is 2.36. The van der Waals surface area contributed by atoms with Gasteiger partial charge < -0.3 is 4.52 Å². The van der Waals surface area contributed by atoms with Crippen LogP contribution in [0.1, 0.15) is 36.1 Å². The van der Waals surface area contributed by atoms with E-state index in [1.807, 2.05) is 19.1 Å². The smallest absolute Gasteiger partial charge is 0.230 e. The SMILES string of the molecule is Cc1nc(-c2cccc(-c3noc(C4CCC4)n3)c2)cs1. The Morgan fingerprint density at radius 1 is 1.19 bits per heavy atom. The molecule has 2 heterocycles. The van der Waals surface area contributed by atoms with Gasteiger partial charge in [-0.05, 0) is 25.8 Å². The maximum Gasteiger partial charge on any atom is 0.230 e. The third-order valence-corrected chi connectivity index (χ3v) is 4.71. The van der Waals surface area contributed by atoms with E-state index in [0.29, 0.717) is 11.7 Å². The number of aryl methyl sites for hydroxylation is 1. The third kappa shape index (κ3) is 2.38. The lowest BCUT2D eigenvalue weighted by Crippen LogP contribution is -2.08. The van der Waals surface area contributed by atoms with Crippen molar-refractivity contribution in [3.05, 3.63) is 40.5 Å². The number of aromatic nitrogens is 3. The van der Waals surface area contributed by atoms with E-state index < -0.39 is 0 Å². The van der Waals surface area contributed by atoms with Gasteiger partial charge in [-0.3, -0.25) is 0 Å². The second-order valence-electron chi connectivity index (χ2n) is 5.42. The average molecular weight is 297 g/mol. The minimum absolute atomic E-state index is 0.468. The molecule has 0 spiro atoms. The van der Waals surface area contributed by atoms with Crippen molar-refractivity contribution in [1.29, 1.82) is 0 Å². The van der Waals surface area contributed by atoms with Gasteiger partial charge in [-0.1, -0.05) is 29.8 Å². The second-order valence-corrected chi connectivity index (χ2v) is 6.48. The molecular formula is C16H15N3OS. The molecular weight excluding hydrogens is 282 g/mol. The Morgan fingerprint density at radius 2 is 2.05 bits per heavy atom. The van der Waals surface area contributed by atoms with Crippen LogP contribution in [0.2, 0.25) is 0 Å². The Bertz CT molecular complexity index is 773. The summed E-state index contributed by atoms with van der Waals surface area (Å²) in [6.45, 7) is 2.02. The van der Waals surface area contributed by atoms with E-state index >= 15 is 0 Å². The molecule has 1 aromatic carbocycles. The fraction of sp³-hybridized carbons (Fsp3) is 0.312. The molecule has 0 aliphatic heterocycles. The molecule has 3 aromatic rings. The summed E-state index contributed by atoms with van der Waals surface area (Å²) in [7, 11) is 0. The summed E-state index contributed by atoms with van der Waals surface area (Å²) in [4.78, 5) is 9.07. The quantitative estimate of drug-likeness (QED) is 0.717. The molecule has 0 unspecified atom stereocenters. The molecule has 5 heteroatoms. The highest BCUT2D eigenvalue weighted by molar-refractivity contribution is 7.09. The molecule has 4 nitrogen and oxygen atoms in total. The van der Waals surface area contributed by atoms with Gasteiger partial charge in [0.2, 0.25) is 11.7 Å². The van der Waals surface area contributed by atoms with E-state index in [4.69, 9.17) is 4.52 Å².